The summed E-state index contributed by atoms with van der Waals surface area (Å²) in [7, 11) is 0. The molecule has 0 saturated heterocycles. The zero-order valence-corrected chi connectivity index (χ0v) is 16.2. The molecule has 0 radical (unpaired) electrons. The van der Waals surface area contributed by atoms with Gasteiger partial charge in [-0.2, -0.15) is 5.10 Å². The molecule has 0 fully saturated rings. The van der Waals surface area contributed by atoms with Gasteiger partial charge in [0.25, 0.3) is 5.91 Å². The van der Waals surface area contributed by atoms with Gasteiger partial charge in [-0.25, -0.2) is 9.48 Å². The van der Waals surface area contributed by atoms with Crippen molar-refractivity contribution >= 4 is 23.8 Å². The highest BCUT2D eigenvalue weighted by Crippen LogP contribution is 2.32. The van der Waals surface area contributed by atoms with Crippen LogP contribution in [0.2, 0.25) is 0 Å². The molecule has 0 unspecified atom stereocenters. The van der Waals surface area contributed by atoms with Gasteiger partial charge in [0.2, 0.25) is 6.79 Å². The van der Waals surface area contributed by atoms with E-state index in [1.165, 1.54) is 6.08 Å². The van der Waals surface area contributed by atoms with Crippen LogP contribution in [0.15, 0.2) is 60.7 Å². The number of esters is 1. The second-order valence-electron chi connectivity index (χ2n) is 6.52. The second kappa shape index (κ2) is 8.52. The van der Waals surface area contributed by atoms with Gasteiger partial charge >= 0.3 is 5.97 Å². The van der Waals surface area contributed by atoms with E-state index in [9.17, 15) is 9.59 Å². The first-order chi connectivity index (χ1) is 14.6. The second-order valence-corrected chi connectivity index (χ2v) is 6.52. The summed E-state index contributed by atoms with van der Waals surface area (Å²) in [4.78, 5) is 24.2. The maximum absolute atomic E-state index is 12.2. The van der Waals surface area contributed by atoms with Gasteiger partial charge in [-0.1, -0.05) is 24.3 Å². The van der Waals surface area contributed by atoms with Crippen molar-refractivity contribution in [1.29, 1.82) is 0 Å². The molecule has 0 atom stereocenters. The Hall–Kier alpha value is -4.07. The molecule has 0 saturated carbocycles. The Morgan fingerprint density at radius 3 is 2.77 bits per heavy atom. The number of carbonyl (C=O) groups is 2. The quantitative estimate of drug-likeness (QED) is 0.501. The lowest BCUT2D eigenvalue weighted by molar-refractivity contribution is -0.142. The molecular weight excluding hydrogens is 386 g/mol. The molecule has 3 aromatic rings. The third-order valence-electron chi connectivity index (χ3n) is 4.25. The fourth-order valence-corrected chi connectivity index (χ4v) is 2.90. The molecule has 1 N–H and O–H groups in total. The predicted molar refractivity (Wildman–Crippen MR) is 109 cm³/mol. The van der Waals surface area contributed by atoms with Crippen LogP contribution in [-0.4, -0.2) is 35.1 Å². The standard InChI is InChI=1S/C22H19N3O5/c1-15-11-20(25(24-15)17-5-3-2-4-6-17)23-21(26)13-28-22(27)10-8-16-7-9-18-19(12-16)30-14-29-18/h2-12H,13-14H2,1H3,(H,23,26). The number of carbonyl (C=O) groups excluding carboxylic acids is 2. The molecule has 8 heteroatoms. The summed E-state index contributed by atoms with van der Waals surface area (Å²) >= 11 is 0. The van der Waals surface area contributed by atoms with E-state index in [2.05, 4.69) is 10.4 Å². The minimum absolute atomic E-state index is 0.183. The smallest absolute Gasteiger partial charge is 0.331 e. The maximum atomic E-state index is 12.2. The average Bonchev–Trinajstić information content (AvgIpc) is 3.37. The number of para-hydroxylation sites is 1. The van der Waals surface area contributed by atoms with E-state index in [4.69, 9.17) is 14.2 Å². The number of benzene rings is 2. The first kappa shape index (κ1) is 19.3. The van der Waals surface area contributed by atoms with Crippen molar-refractivity contribution < 1.29 is 23.8 Å². The monoisotopic (exact) mass is 405 g/mol. The van der Waals surface area contributed by atoms with Crippen LogP contribution in [0, 0.1) is 6.92 Å². The topological polar surface area (TPSA) is 91.7 Å². The number of fused-ring (bicyclic) bond motifs is 1. The minimum atomic E-state index is -0.629. The van der Waals surface area contributed by atoms with Crippen molar-refractivity contribution in [1.82, 2.24) is 9.78 Å². The van der Waals surface area contributed by atoms with E-state index >= 15 is 0 Å². The summed E-state index contributed by atoms with van der Waals surface area (Å²) in [5.74, 6) is 0.690. The van der Waals surface area contributed by atoms with Crippen LogP contribution < -0.4 is 14.8 Å². The summed E-state index contributed by atoms with van der Waals surface area (Å²) in [6, 6.07) is 16.5. The molecule has 8 nitrogen and oxygen atoms in total. The molecule has 152 valence electrons. The van der Waals surface area contributed by atoms with Gasteiger partial charge in [-0.05, 0) is 42.8 Å². The van der Waals surface area contributed by atoms with E-state index in [1.807, 2.05) is 37.3 Å². The molecule has 1 aliphatic rings. The number of hydrogen-bond donors (Lipinski definition) is 1. The summed E-state index contributed by atoms with van der Waals surface area (Å²) in [6.45, 7) is 1.60. The van der Waals surface area contributed by atoms with Gasteiger partial charge in [-0.15, -0.1) is 0 Å². The summed E-state index contributed by atoms with van der Waals surface area (Å²) in [5, 5.41) is 7.10. The third kappa shape index (κ3) is 4.49. The van der Waals surface area contributed by atoms with Gasteiger partial charge in [0.05, 0.1) is 11.4 Å². The minimum Gasteiger partial charge on any atom is -0.454 e. The number of amides is 1. The number of ether oxygens (including phenoxy) is 3. The third-order valence-corrected chi connectivity index (χ3v) is 4.25. The van der Waals surface area contributed by atoms with Crippen LogP contribution in [0.25, 0.3) is 11.8 Å². The maximum Gasteiger partial charge on any atom is 0.331 e. The number of nitrogens with zero attached hydrogens (tertiary/aromatic N) is 2. The zero-order chi connectivity index (χ0) is 20.9. The molecule has 4 rings (SSSR count). The Bertz CT molecular complexity index is 1110. The van der Waals surface area contributed by atoms with Gasteiger partial charge in [0.15, 0.2) is 18.1 Å². The molecule has 2 heterocycles. The normalized spacial score (nSPS) is 12.2. The lowest BCUT2D eigenvalue weighted by atomic mass is 10.2. The number of nitrogens with one attached hydrogen (secondary N) is 1. The number of rotatable bonds is 6. The Kier molecular flexibility index (Phi) is 5.47. The summed E-state index contributed by atoms with van der Waals surface area (Å²) in [6.07, 6.45) is 2.83. The number of hydrogen-bond acceptors (Lipinski definition) is 6. The van der Waals surface area contributed by atoms with Crippen molar-refractivity contribution in [3.05, 3.63) is 71.9 Å². The molecule has 2 aromatic carbocycles. The molecule has 1 amide bonds. The lowest BCUT2D eigenvalue weighted by Gasteiger charge is -2.08. The Morgan fingerprint density at radius 2 is 1.93 bits per heavy atom. The Balaban J connectivity index is 1.32. The van der Waals surface area contributed by atoms with Crippen LogP contribution in [-0.2, 0) is 14.3 Å². The van der Waals surface area contributed by atoms with E-state index < -0.39 is 18.5 Å². The molecule has 1 aliphatic heterocycles. The van der Waals surface area contributed by atoms with Crippen LogP contribution in [0.4, 0.5) is 5.82 Å². The molecule has 0 spiro atoms. The number of aromatic nitrogens is 2. The van der Waals surface area contributed by atoms with E-state index in [-0.39, 0.29) is 6.79 Å². The van der Waals surface area contributed by atoms with Gasteiger partial charge < -0.3 is 19.5 Å². The highest BCUT2D eigenvalue weighted by Gasteiger charge is 2.13. The Labute approximate surface area is 172 Å². The van der Waals surface area contributed by atoms with Crippen molar-refractivity contribution in [2.45, 2.75) is 6.92 Å². The van der Waals surface area contributed by atoms with Crippen molar-refractivity contribution in [2.75, 3.05) is 18.7 Å². The highest BCUT2D eigenvalue weighted by atomic mass is 16.7. The fourth-order valence-electron chi connectivity index (χ4n) is 2.90. The van der Waals surface area contributed by atoms with E-state index in [0.717, 1.165) is 16.9 Å². The summed E-state index contributed by atoms with van der Waals surface area (Å²) < 4.78 is 17.2. The average molecular weight is 405 g/mol. The van der Waals surface area contributed by atoms with Crippen molar-refractivity contribution in [3.8, 4) is 17.2 Å². The number of aryl methyl sites for hydroxylation is 1. The van der Waals surface area contributed by atoms with Crippen LogP contribution in [0.1, 0.15) is 11.3 Å². The fraction of sp³-hybridized carbons (Fsp3) is 0.136. The van der Waals surface area contributed by atoms with Crippen LogP contribution in [0.5, 0.6) is 11.5 Å². The molecule has 0 bridgehead atoms. The largest absolute Gasteiger partial charge is 0.454 e. The van der Waals surface area contributed by atoms with Crippen molar-refractivity contribution in [3.63, 3.8) is 0 Å². The van der Waals surface area contributed by atoms with E-state index in [1.54, 1.807) is 35.0 Å². The van der Waals surface area contributed by atoms with Crippen molar-refractivity contribution in [2.24, 2.45) is 0 Å². The van der Waals surface area contributed by atoms with Crippen LogP contribution >= 0.6 is 0 Å². The SMILES string of the molecule is Cc1cc(NC(=O)COC(=O)C=Cc2ccc3c(c2)OCO3)n(-c2ccccc2)n1. The molecular formula is C22H19N3O5. The number of anilines is 1. The Morgan fingerprint density at radius 1 is 1.13 bits per heavy atom. The van der Waals surface area contributed by atoms with Gasteiger partial charge in [0.1, 0.15) is 5.82 Å². The first-order valence-corrected chi connectivity index (χ1v) is 9.25. The van der Waals surface area contributed by atoms with Crippen LogP contribution in [0.3, 0.4) is 0 Å². The zero-order valence-electron chi connectivity index (χ0n) is 16.2. The summed E-state index contributed by atoms with van der Waals surface area (Å²) in [5.41, 5.74) is 2.31. The molecule has 1 aromatic heterocycles. The van der Waals surface area contributed by atoms with Gasteiger partial charge in [0, 0.05) is 12.1 Å². The first-order valence-electron chi connectivity index (χ1n) is 9.25. The highest BCUT2D eigenvalue weighted by molar-refractivity contribution is 5.94. The van der Waals surface area contributed by atoms with E-state index in [0.29, 0.717) is 17.3 Å². The lowest BCUT2D eigenvalue weighted by Crippen LogP contribution is -2.21. The molecule has 30 heavy (non-hydrogen) atoms. The predicted octanol–water partition coefficient (Wildman–Crippen LogP) is 3.10. The van der Waals surface area contributed by atoms with Gasteiger partial charge in [-0.3, -0.25) is 4.79 Å². The molecule has 0 aliphatic carbocycles.